The number of rotatable bonds is 15. The number of piperazine rings is 1. The molecule has 1 atom stereocenters. The van der Waals surface area contributed by atoms with Crippen molar-refractivity contribution in [3.63, 3.8) is 0 Å². The number of ether oxygens (including phenoxy) is 1. The van der Waals surface area contributed by atoms with Crippen molar-refractivity contribution in [2.24, 2.45) is 0 Å². The molecule has 1 saturated heterocycles. The summed E-state index contributed by atoms with van der Waals surface area (Å²) in [4.78, 5) is 46.5. The van der Waals surface area contributed by atoms with Crippen LogP contribution in [0.25, 0.3) is 10.9 Å². The van der Waals surface area contributed by atoms with Crippen LogP contribution < -0.4 is 20.3 Å². The Labute approximate surface area is 249 Å². The fourth-order valence-corrected chi connectivity index (χ4v) is 5.59. The van der Waals surface area contributed by atoms with Crippen LogP contribution in [0.2, 0.25) is 0 Å². The molecule has 3 N–H and O–H groups in total. The van der Waals surface area contributed by atoms with Crippen LogP contribution in [0.4, 0.5) is 5.69 Å². The van der Waals surface area contributed by atoms with Gasteiger partial charge in [0, 0.05) is 41.8 Å². The Morgan fingerprint density at radius 1 is 1.00 bits per heavy atom. The minimum absolute atomic E-state index is 0.0559. The van der Waals surface area contributed by atoms with Gasteiger partial charge >= 0.3 is 0 Å². The standard InChI is InChI=1S/C33H45N5O4/c1-4-5-6-7-8-12-15-31(39)34-22-30(38-19-18-37(23-33(38)41)25-13-10-9-11-14-25)36-32(40)21-27-24(2)35-29-17-16-26(42-3)20-28(27)29/h9-11,13-14,16-17,20,30,35H,4-8,12,15,18-19,21-23H2,1-3H3,(H,34,39)(H,36,40)/t30-/m0/s1. The number of anilines is 1. The van der Waals surface area contributed by atoms with Gasteiger partial charge in [-0.15, -0.1) is 0 Å². The Balaban J connectivity index is 1.42. The zero-order chi connectivity index (χ0) is 29.9. The van der Waals surface area contributed by atoms with E-state index in [0.29, 0.717) is 19.5 Å². The Hall–Kier alpha value is -4.01. The van der Waals surface area contributed by atoms with Crippen molar-refractivity contribution in [1.82, 2.24) is 20.5 Å². The molecule has 1 fully saturated rings. The highest BCUT2D eigenvalue weighted by Crippen LogP contribution is 2.27. The van der Waals surface area contributed by atoms with Crippen molar-refractivity contribution in [1.29, 1.82) is 0 Å². The van der Waals surface area contributed by atoms with Gasteiger partial charge in [0.1, 0.15) is 11.9 Å². The first-order chi connectivity index (χ1) is 20.4. The Bertz CT molecular complexity index is 1340. The summed E-state index contributed by atoms with van der Waals surface area (Å²) in [6, 6.07) is 15.6. The first kappa shape index (κ1) is 30.9. The molecule has 0 radical (unpaired) electrons. The maximum Gasteiger partial charge on any atom is 0.243 e. The number of aromatic amines is 1. The van der Waals surface area contributed by atoms with Crippen molar-refractivity contribution in [3.8, 4) is 5.75 Å². The molecule has 3 amide bonds. The molecule has 0 saturated carbocycles. The molecular formula is C33H45N5O4. The highest BCUT2D eigenvalue weighted by atomic mass is 16.5. The summed E-state index contributed by atoms with van der Waals surface area (Å²) in [7, 11) is 1.62. The molecule has 1 aliphatic rings. The first-order valence-corrected chi connectivity index (χ1v) is 15.2. The summed E-state index contributed by atoms with van der Waals surface area (Å²) in [5, 5.41) is 6.98. The zero-order valence-electron chi connectivity index (χ0n) is 25.2. The lowest BCUT2D eigenvalue weighted by Gasteiger charge is -2.40. The fraction of sp³-hybridized carbons (Fsp3) is 0.485. The van der Waals surface area contributed by atoms with E-state index >= 15 is 0 Å². The van der Waals surface area contributed by atoms with Crippen molar-refractivity contribution < 1.29 is 19.1 Å². The minimum atomic E-state index is -0.642. The number of hydrogen-bond acceptors (Lipinski definition) is 5. The molecule has 0 aliphatic carbocycles. The summed E-state index contributed by atoms with van der Waals surface area (Å²) in [6.45, 7) is 5.58. The van der Waals surface area contributed by atoms with Crippen LogP contribution >= 0.6 is 0 Å². The number of nitrogens with one attached hydrogen (secondary N) is 3. The number of H-pyrrole nitrogens is 1. The van der Waals surface area contributed by atoms with E-state index in [2.05, 4.69) is 22.5 Å². The highest BCUT2D eigenvalue weighted by molar-refractivity contribution is 5.91. The number of nitrogens with zero attached hydrogens (tertiary/aromatic N) is 2. The van der Waals surface area contributed by atoms with Gasteiger partial charge < -0.3 is 30.2 Å². The predicted octanol–water partition coefficient (Wildman–Crippen LogP) is 4.69. The molecule has 9 heteroatoms. The Morgan fingerprint density at radius 3 is 2.50 bits per heavy atom. The smallest absolute Gasteiger partial charge is 0.243 e. The van der Waals surface area contributed by atoms with Crippen molar-refractivity contribution in [3.05, 3.63) is 59.8 Å². The fourth-order valence-electron chi connectivity index (χ4n) is 5.59. The van der Waals surface area contributed by atoms with E-state index in [4.69, 9.17) is 4.74 Å². The van der Waals surface area contributed by atoms with Crippen LogP contribution in [0.15, 0.2) is 48.5 Å². The van der Waals surface area contributed by atoms with Gasteiger partial charge in [0.2, 0.25) is 17.7 Å². The number of para-hydroxylation sites is 1. The molecule has 2 aromatic carbocycles. The number of carbonyl (C=O) groups excluding carboxylic acids is 3. The van der Waals surface area contributed by atoms with Crippen molar-refractivity contribution in [2.75, 3.05) is 38.2 Å². The lowest BCUT2D eigenvalue weighted by Crippen LogP contribution is -2.62. The maximum atomic E-state index is 13.4. The number of aromatic nitrogens is 1. The van der Waals surface area contributed by atoms with Crippen molar-refractivity contribution >= 4 is 34.3 Å². The molecule has 3 aromatic rings. The second kappa shape index (κ2) is 15.3. The number of hydrogen-bond donors (Lipinski definition) is 3. The molecule has 0 bridgehead atoms. The van der Waals surface area contributed by atoms with Crippen LogP contribution in [-0.2, 0) is 20.8 Å². The third-order valence-corrected chi connectivity index (χ3v) is 8.00. The summed E-state index contributed by atoms with van der Waals surface area (Å²) >= 11 is 0. The van der Waals surface area contributed by atoms with Gasteiger partial charge in [0.15, 0.2) is 0 Å². The van der Waals surface area contributed by atoms with E-state index in [1.165, 1.54) is 19.3 Å². The monoisotopic (exact) mass is 575 g/mol. The normalized spacial score (nSPS) is 14.2. The number of unbranched alkanes of at least 4 members (excludes halogenated alkanes) is 5. The first-order valence-electron chi connectivity index (χ1n) is 15.2. The third-order valence-electron chi connectivity index (χ3n) is 8.00. The van der Waals surface area contributed by atoms with E-state index in [1.54, 1.807) is 12.0 Å². The molecule has 2 heterocycles. The summed E-state index contributed by atoms with van der Waals surface area (Å²) in [5.74, 6) is 0.361. The maximum absolute atomic E-state index is 13.4. The molecule has 1 aromatic heterocycles. The zero-order valence-corrected chi connectivity index (χ0v) is 25.2. The van der Waals surface area contributed by atoms with Crippen LogP contribution in [-0.4, -0.2) is 67.1 Å². The Morgan fingerprint density at radius 2 is 1.76 bits per heavy atom. The second-order valence-electron chi connectivity index (χ2n) is 11.1. The predicted molar refractivity (Wildman–Crippen MR) is 167 cm³/mol. The quantitative estimate of drug-likeness (QED) is 0.228. The summed E-state index contributed by atoms with van der Waals surface area (Å²) in [6.07, 6.45) is 6.57. The van der Waals surface area contributed by atoms with Gasteiger partial charge in [-0.25, -0.2) is 0 Å². The van der Waals surface area contributed by atoms with E-state index in [1.807, 2.05) is 60.4 Å². The highest BCUT2D eigenvalue weighted by Gasteiger charge is 2.31. The number of carbonyl (C=O) groups is 3. The van der Waals surface area contributed by atoms with E-state index in [9.17, 15) is 14.4 Å². The second-order valence-corrected chi connectivity index (χ2v) is 11.1. The SMILES string of the molecule is CCCCCCCCC(=O)NC[C@@H](NC(=O)Cc1c(C)[nH]c2ccc(OC)cc12)N1CCN(c2ccccc2)CC1=O. The summed E-state index contributed by atoms with van der Waals surface area (Å²) < 4.78 is 5.39. The van der Waals surface area contributed by atoms with E-state index in [-0.39, 0.29) is 37.2 Å². The van der Waals surface area contributed by atoms with Gasteiger partial charge in [0.25, 0.3) is 0 Å². The molecule has 9 nitrogen and oxygen atoms in total. The lowest BCUT2D eigenvalue weighted by molar-refractivity contribution is -0.136. The molecule has 0 unspecified atom stereocenters. The Kier molecular flexibility index (Phi) is 11.3. The third kappa shape index (κ3) is 8.27. The topological polar surface area (TPSA) is 107 Å². The van der Waals surface area contributed by atoms with Gasteiger partial charge in [-0.1, -0.05) is 57.2 Å². The van der Waals surface area contributed by atoms with Crippen molar-refractivity contribution in [2.45, 2.75) is 71.4 Å². The summed E-state index contributed by atoms with van der Waals surface area (Å²) in [5.41, 5.74) is 3.71. The van der Waals surface area contributed by atoms with Gasteiger partial charge in [0.05, 0.1) is 26.6 Å². The van der Waals surface area contributed by atoms with Crippen LogP contribution in [0, 0.1) is 6.92 Å². The number of aryl methyl sites for hydroxylation is 1. The lowest BCUT2D eigenvalue weighted by atomic mass is 10.1. The molecule has 4 rings (SSSR count). The number of amides is 3. The van der Waals surface area contributed by atoms with Crippen LogP contribution in [0.5, 0.6) is 5.75 Å². The molecule has 0 spiro atoms. The largest absolute Gasteiger partial charge is 0.497 e. The molecule has 226 valence electrons. The van der Waals surface area contributed by atoms with Crippen LogP contribution in [0.3, 0.4) is 0 Å². The van der Waals surface area contributed by atoms with Gasteiger partial charge in [-0.05, 0) is 49.2 Å². The average Bonchev–Trinajstić information content (AvgIpc) is 3.31. The van der Waals surface area contributed by atoms with Gasteiger partial charge in [-0.3, -0.25) is 14.4 Å². The van der Waals surface area contributed by atoms with E-state index < -0.39 is 6.17 Å². The number of fused-ring (bicyclic) bond motifs is 1. The number of methoxy groups -OCH3 is 1. The molecule has 1 aliphatic heterocycles. The van der Waals surface area contributed by atoms with Crippen LogP contribution in [0.1, 0.15) is 63.1 Å². The molecular weight excluding hydrogens is 530 g/mol. The average molecular weight is 576 g/mol. The van der Waals surface area contributed by atoms with Gasteiger partial charge in [-0.2, -0.15) is 0 Å². The minimum Gasteiger partial charge on any atom is -0.497 e. The number of benzene rings is 2. The molecule has 42 heavy (non-hydrogen) atoms. The van der Waals surface area contributed by atoms with E-state index in [0.717, 1.165) is 52.9 Å².